The third-order valence-corrected chi connectivity index (χ3v) is 3.33. The van der Waals surface area contributed by atoms with Crippen molar-refractivity contribution < 1.29 is 4.79 Å². The van der Waals surface area contributed by atoms with E-state index in [2.05, 4.69) is 5.32 Å². The molecule has 0 fully saturated rings. The molecule has 0 heterocycles. The quantitative estimate of drug-likeness (QED) is 0.819. The number of anilines is 2. The number of carbonyl (C=O) groups excluding carboxylic acids is 1. The highest BCUT2D eigenvalue weighted by atomic mass is 35.5. The van der Waals surface area contributed by atoms with Crippen LogP contribution in [0.4, 0.5) is 11.4 Å². The lowest BCUT2D eigenvalue weighted by atomic mass is 10.1. The van der Waals surface area contributed by atoms with Crippen molar-refractivity contribution in [2.45, 2.75) is 13.8 Å². The van der Waals surface area contributed by atoms with Crippen molar-refractivity contribution in [1.82, 2.24) is 0 Å². The molecule has 0 aromatic heterocycles. The number of nitrogen functional groups attached to an aromatic ring is 1. The summed E-state index contributed by atoms with van der Waals surface area (Å²) in [6, 6.07) is 10.6. The lowest BCUT2D eigenvalue weighted by Gasteiger charge is -2.09. The van der Waals surface area contributed by atoms with Crippen LogP contribution in [-0.2, 0) is 0 Å². The van der Waals surface area contributed by atoms with Crippen molar-refractivity contribution >= 4 is 28.9 Å². The molecule has 19 heavy (non-hydrogen) atoms. The van der Waals surface area contributed by atoms with Crippen LogP contribution in [0.25, 0.3) is 0 Å². The van der Waals surface area contributed by atoms with Gasteiger partial charge >= 0.3 is 0 Å². The Morgan fingerprint density at radius 2 is 1.84 bits per heavy atom. The van der Waals surface area contributed by atoms with Gasteiger partial charge in [-0.25, -0.2) is 0 Å². The summed E-state index contributed by atoms with van der Waals surface area (Å²) in [7, 11) is 0. The molecule has 0 unspecified atom stereocenters. The molecule has 1 amide bonds. The summed E-state index contributed by atoms with van der Waals surface area (Å²) in [5.41, 5.74) is 9.59. The first-order chi connectivity index (χ1) is 8.97. The second kappa shape index (κ2) is 5.33. The molecule has 0 spiro atoms. The Bertz CT molecular complexity index is 638. The predicted octanol–water partition coefficient (Wildman–Crippen LogP) is 3.79. The summed E-state index contributed by atoms with van der Waals surface area (Å²) in [5.74, 6) is -0.263. The average Bonchev–Trinajstić information content (AvgIpc) is 2.36. The van der Waals surface area contributed by atoms with E-state index in [0.717, 1.165) is 11.3 Å². The molecule has 0 bridgehead atoms. The molecular weight excluding hydrogens is 260 g/mol. The normalized spacial score (nSPS) is 10.3. The summed E-state index contributed by atoms with van der Waals surface area (Å²) in [5, 5.41) is 3.20. The Morgan fingerprint density at radius 3 is 2.53 bits per heavy atom. The molecule has 4 heteroatoms. The molecule has 3 nitrogen and oxygen atoms in total. The second-order valence-electron chi connectivity index (χ2n) is 4.49. The first-order valence-electron chi connectivity index (χ1n) is 5.91. The topological polar surface area (TPSA) is 55.1 Å². The van der Waals surface area contributed by atoms with Crippen LogP contribution in [0, 0.1) is 13.8 Å². The fourth-order valence-corrected chi connectivity index (χ4v) is 1.94. The number of hydrogen-bond donors (Lipinski definition) is 2. The van der Waals surface area contributed by atoms with Crippen LogP contribution < -0.4 is 11.1 Å². The number of nitrogens with two attached hydrogens (primary N) is 1. The number of halogens is 1. The van der Waals surface area contributed by atoms with E-state index in [4.69, 9.17) is 17.3 Å². The van der Waals surface area contributed by atoms with Gasteiger partial charge in [-0.2, -0.15) is 0 Å². The Balaban J connectivity index is 2.25. The molecule has 0 aliphatic carbocycles. The molecule has 3 N–H and O–H groups in total. The number of aryl methyl sites for hydroxylation is 2. The summed E-state index contributed by atoms with van der Waals surface area (Å²) in [6.45, 7) is 4.02. The van der Waals surface area contributed by atoms with E-state index >= 15 is 0 Å². The van der Waals surface area contributed by atoms with Crippen LogP contribution in [0.3, 0.4) is 0 Å². The van der Waals surface area contributed by atoms with Crippen LogP contribution in [0.5, 0.6) is 0 Å². The number of hydrogen-bond acceptors (Lipinski definition) is 2. The fraction of sp³-hybridized carbons (Fsp3) is 0.133. The lowest BCUT2D eigenvalue weighted by Crippen LogP contribution is -2.13. The minimum Gasteiger partial charge on any atom is -0.399 e. The zero-order valence-electron chi connectivity index (χ0n) is 10.8. The van der Waals surface area contributed by atoms with Crippen LogP contribution in [0.2, 0.25) is 5.02 Å². The molecule has 2 aromatic rings. The highest BCUT2D eigenvalue weighted by molar-refractivity contribution is 6.34. The predicted molar refractivity (Wildman–Crippen MR) is 79.7 cm³/mol. The van der Waals surface area contributed by atoms with E-state index in [1.54, 1.807) is 18.2 Å². The van der Waals surface area contributed by atoms with Gasteiger partial charge in [0.05, 0.1) is 10.6 Å². The van der Waals surface area contributed by atoms with Gasteiger partial charge in [0.1, 0.15) is 0 Å². The summed E-state index contributed by atoms with van der Waals surface area (Å²) >= 11 is 6.00. The number of rotatable bonds is 2. The molecular formula is C15H15ClN2O. The highest BCUT2D eigenvalue weighted by Crippen LogP contribution is 2.21. The average molecular weight is 275 g/mol. The minimum absolute atomic E-state index is 0.263. The SMILES string of the molecule is Cc1ccc(NC(=O)c2cc(N)ccc2Cl)cc1C. The van der Waals surface area contributed by atoms with E-state index in [0.29, 0.717) is 16.3 Å². The molecule has 98 valence electrons. The Hall–Kier alpha value is -2.00. The van der Waals surface area contributed by atoms with Crippen molar-refractivity contribution in [3.05, 3.63) is 58.1 Å². The minimum atomic E-state index is -0.263. The summed E-state index contributed by atoms with van der Waals surface area (Å²) in [4.78, 5) is 12.1. The molecule has 0 saturated heterocycles. The van der Waals surface area contributed by atoms with Gasteiger partial charge in [-0.1, -0.05) is 17.7 Å². The van der Waals surface area contributed by atoms with Crippen LogP contribution in [0.15, 0.2) is 36.4 Å². The molecule has 0 saturated carbocycles. The first kappa shape index (κ1) is 13.4. The Labute approximate surface area is 117 Å². The maximum absolute atomic E-state index is 12.1. The van der Waals surface area contributed by atoms with Crippen molar-refractivity contribution in [2.24, 2.45) is 0 Å². The molecule has 0 aliphatic heterocycles. The van der Waals surface area contributed by atoms with Gasteiger partial charge in [-0.05, 0) is 55.3 Å². The van der Waals surface area contributed by atoms with Gasteiger partial charge in [0.15, 0.2) is 0 Å². The van der Waals surface area contributed by atoms with Gasteiger partial charge in [0, 0.05) is 11.4 Å². The maximum atomic E-state index is 12.1. The van der Waals surface area contributed by atoms with Gasteiger partial charge in [-0.3, -0.25) is 4.79 Å². The fourth-order valence-electron chi connectivity index (χ4n) is 1.73. The van der Waals surface area contributed by atoms with E-state index in [1.165, 1.54) is 5.56 Å². The van der Waals surface area contributed by atoms with Crippen molar-refractivity contribution in [2.75, 3.05) is 11.1 Å². The number of benzene rings is 2. The molecule has 0 aliphatic rings. The van der Waals surface area contributed by atoms with Crippen molar-refractivity contribution in [3.8, 4) is 0 Å². The third kappa shape index (κ3) is 3.06. The lowest BCUT2D eigenvalue weighted by molar-refractivity contribution is 0.102. The van der Waals surface area contributed by atoms with E-state index in [1.807, 2.05) is 32.0 Å². The van der Waals surface area contributed by atoms with Crippen molar-refractivity contribution in [3.63, 3.8) is 0 Å². The zero-order valence-corrected chi connectivity index (χ0v) is 11.6. The van der Waals surface area contributed by atoms with Crippen LogP contribution in [0.1, 0.15) is 21.5 Å². The monoisotopic (exact) mass is 274 g/mol. The zero-order chi connectivity index (χ0) is 14.0. The van der Waals surface area contributed by atoms with E-state index in [9.17, 15) is 4.79 Å². The first-order valence-corrected chi connectivity index (χ1v) is 6.29. The third-order valence-electron chi connectivity index (χ3n) is 3.00. The Morgan fingerprint density at radius 1 is 1.11 bits per heavy atom. The standard InChI is InChI=1S/C15H15ClN2O/c1-9-3-5-12(7-10(9)2)18-15(19)13-8-11(17)4-6-14(13)16/h3-8H,17H2,1-2H3,(H,18,19). The number of amides is 1. The van der Waals surface area contributed by atoms with Gasteiger partial charge in [0.25, 0.3) is 5.91 Å². The van der Waals surface area contributed by atoms with Gasteiger partial charge in [-0.15, -0.1) is 0 Å². The van der Waals surface area contributed by atoms with Gasteiger partial charge < -0.3 is 11.1 Å². The summed E-state index contributed by atoms with van der Waals surface area (Å²) < 4.78 is 0. The smallest absolute Gasteiger partial charge is 0.257 e. The summed E-state index contributed by atoms with van der Waals surface area (Å²) in [6.07, 6.45) is 0. The molecule has 0 atom stereocenters. The number of nitrogens with one attached hydrogen (secondary N) is 1. The Kier molecular flexibility index (Phi) is 3.76. The van der Waals surface area contributed by atoms with Crippen molar-refractivity contribution in [1.29, 1.82) is 0 Å². The largest absolute Gasteiger partial charge is 0.399 e. The van der Waals surface area contributed by atoms with Gasteiger partial charge in [0.2, 0.25) is 0 Å². The maximum Gasteiger partial charge on any atom is 0.257 e. The van der Waals surface area contributed by atoms with Crippen LogP contribution in [-0.4, -0.2) is 5.91 Å². The second-order valence-corrected chi connectivity index (χ2v) is 4.90. The highest BCUT2D eigenvalue weighted by Gasteiger charge is 2.11. The van der Waals surface area contributed by atoms with E-state index in [-0.39, 0.29) is 5.91 Å². The molecule has 2 aromatic carbocycles. The number of carbonyl (C=O) groups is 1. The molecule has 2 rings (SSSR count). The van der Waals surface area contributed by atoms with Crippen LogP contribution >= 0.6 is 11.6 Å². The molecule has 0 radical (unpaired) electrons. The van der Waals surface area contributed by atoms with E-state index < -0.39 is 0 Å².